The number of piperidine rings is 1. The molecule has 2 N–H and O–H groups in total. The molecule has 4 saturated heterocycles. The summed E-state index contributed by atoms with van der Waals surface area (Å²) >= 11 is 0. The number of carbonyl (C=O) groups excluding carboxylic acids is 3. The first kappa shape index (κ1) is 34.3. The van der Waals surface area contributed by atoms with Crippen LogP contribution in [0, 0.1) is 5.92 Å². The second kappa shape index (κ2) is 15.0. The molecule has 50 heavy (non-hydrogen) atoms. The summed E-state index contributed by atoms with van der Waals surface area (Å²) in [5.74, 6) is -1.39. The Labute approximate surface area is 291 Å². The van der Waals surface area contributed by atoms with Crippen molar-refractivity contribution in [2.75, 3.05) is 37.7 Å². The Bertz CT molecular complexity index is 1640. The normalized spacial score (nSPS) is 26.8. The number of imide groups is 1. The number of aliphatic hydroxyl groups is 1. The molecule has 4 heterocycles. The van der Waals surface area contributed by atoms with Crippen molar-refractivity contribution in [1.29, 1.82) is 0 Å². The van der Waals surface area contributed by atoms with Crippen molar-refractivity contribution in [2.45, 2.75) is 69.7 Å². The van der Waals surface area contributed by atoms with E-state index in [4.69, 9.17) is 23.7 Å². The molecule has 1 spiro atoms. The Kier molecular flexibility index (Phi) is 10.3. The third-order valence-electron chi connectivity index (χ3n) is 10.1. The van der Waals surface area contributed by atoms with Crippen LogP contribution in [0.5, 0.6) is 0 Å². The minimum Gasteiger partial charge on any atom is -0.445 e. The predicted molar refractivity (Wildman–Crippen MR) is 180 cm³/mol. The van der Waals surface area contributed by atoms with Gasteiger partial charge in [0.15, 0.2) is 12.1 Å². The number of nitrogens with one attached hydrogen (secondary N) is 1. The Morgan fingerprint density at radius 2 is 1.58 bits per heavy atom. The van der Waals surface area contributed by atoms with Crippen LogP contribution in [-0.2, 0) is 46.5 Å². The van der Waals surface area contributed by atoms with E-state index in [1.807, 2.05) is 54.6 Å². The Balaban J connectivity index is 1.03. The highest BCUT2D eigenvalue weighted by atomic mass is 16.7. The number of alkyl carbamates (subject to hydrolysis) is 1. The molecule has 12 heteroatoms. The summed E-state index contributed by atoms with van der Waals surface area (Å²) in [5.41, 5.74) is 3.75. The van der Waals surface area contributed by atoms with Gasteiger partial charge in [-0.15, -0.1) is 0 Å². The van der Waals surface area contributed by atoms with Gasteiger partial charge in [-0.25, -0.2) is 9.69 Å². The summed E-state index contributed by atoms with van der Waals surface area (Å²) in [6.07, 6.45) is -0.463. The van der Waals surface area contributed by atoms with Gasteiger partial charge >= 0.3 is 6.09 Å². The number of anilines is 1. The standard InChI is InChI=1S/C38H43N3O9/c1-25-32(22-40-17-15-38(16-18-40)47-19-20-48-38)49-36(50-34(25)28-9-7-26(23-42)8-10-28)29-11-13-30(14-12-29)41-33(43)21-31(35(41)44)39-37(45)46-24-27-5-3-2-4-6-27/h2-14,25,31-32,34,36,42H,15-24H2,1H3,(H,39,45)/t25-,31?,32+,34+,36+/m1/s1. The summed E-state index contributed by atoms with van der Waals surface area (Å²) in [6, 6.07) is 22.9. The van der Waals surface area contributed by atoms with Gasteiger partial charge in [0.25, 0.3) is 5.91 Å². The van der Waals surface area contributed by atoms with E-state index < -0.39 is 36.0 Å². The SMILES string of the molecule is C[C@@H]1[C@H](CN2CCC3(CC2)OCCO3)O[C@H](c2ccc(N3C(=O)CC(NC(=O)OCc4ccccc4)C3=O)cc2)O[C@@H]1c1ccc(CO)cc1. The van der Waals surface area contributed by atoms with Crippen LogP contribution in [0.2, 0.25) is 0 Å². The number of amides is 3. The van der Waals surface area contributed by atoms with Crippen LogP contribution in [0.1, 0.15) is 60.8 Å². The average molecular weight is 686 g/mol. The molecule has 5 atom stereocenters. The van der Waals surface area contributed by atoms with Gasteiger partial charge in [-0.2, -0.15) is 0 Å². The maximum atomic E-state index is 13.3. The van der Waals surface area contributed by atoms with Crippen molar-refractivity contribution in [2.24, 2.45) is 5.92 Å². The molecular weight excluding hydrogens is 642 g/mol. The van der Waals surface area contributed by atoms with Gasteiger partial charge in [0, 0.05) is 44.0 Å². The van der Waals surface area contributed by atoms with Crippen LogP contribution < -0.4 is 10.2 Å². The summed E-state index contributed by atoms with van der Waals surface area (Å²) in [4.78, 5) is 42.1. The van der Waals surface area contributed by atoms with Crippen molar-refractivity contribution in [3.63, 3.8) is 0 Å². The number of aliphatic hydroxyl groups excluding tert-OH is 1. The lowest BCUT2D eigenvalue weighted by atomic mass is 9.89. The van der Waals surface area contributed by atoms with Gasteiger partial charge in [0.05, 0.1) is 44.1 Å². The summed E-state index contributed by atoms with van der Waals surface area (Å²) < 4.78 is 30.4. The molecule has 264 valence electrons. The zero-order valence-electron chi connectivity index (χ0n) is 28.1. The zero-order valence-corrected chi connectivity index (χ0v) is 28.1. The van der Waals surface area contributed by atoms with Gasteiger partial charge in [-0.1, -0.05) is 73.7 Å². The Morgan fingerprint density at radius 1 is 0.900 bits per heavy atom. The second-order valence-electron chi connectivity index (χ2n) is 13.4. The minimum atomic E-state index is -1.02. The summed E-state index contributed by atoms with van der Waals surface area (Å²) in [7, 11) is 0. The number of ether oxygens (including phenoxy) is 5. The van der Waals surface area contributed by atoms with E-state index in [-0.39, 0.29) is 37.8 Å². The molecule has 12 nitrogen and oxygen atoms in total. The van der Waals surface area contributed by atoms with Gasteiger partial charge in [0.2, 0.25) is 5.91 Å². The van der Waals surface area contributed by atoms with Crippen LogP contribution in [0.4, 0.5) is 10.5 Å². The molecule has 3 aromatic rings. The zero-order chi connectivity index (χ0) is 34.7. The van der Waals surface area contributed by atoms with Crippen LogP contribution in [0.15, 0.2) is 78.9 Å². The molecule has 0 aromatic heterocycles. The molecule has 1 unspecified atom stereocenters. The number of carbonyl (C=O) groups is 3. The van der Waals surface area contributed by atoms with Crippen molar-refractivity contribution in [3.05, 3.63) is 101 Å². The van der Waals surface area contributed by atoms with Crippen molar-refractivity contribution < 1.29 is 43.2 Å². The van der Waals surface area contributed by atoms with Gasteiger partial charge in [0.1, 0.15) is 12.6 Å². The molecule has 3 amide bonds. The lowest BCUT2D eigenvalue weighted by Crippen LogP contribution is -2.50. The van der Waals surface area contributed by atoms with Crippen LogP contribution >= 0.6 is 0 Å². The topological polar surface area (TPSA) is 136 Å². The molecule has 0 saturated carbocycles. The molecular formula is C38H43N3O9. The second-order valence-corrected chi connectivity index (χ2v) is 13.4. The monoisotopic (exact) mass is 685 g/mol. The first-order chi connectivity index (χ1) is 24.3. The van der Waals surface area contributed by atoms with Crippen molar-refractivity contribution >= 4 is 23.6 Å². The lowest BCUT2D eigenvalue weighted by molar-refractivity contribution is -0.278. The highest BCUT2D eigenvalue weighted by Gasteiger charge is 2.44. The quantitative estimate of drug-likeness (QED) is 0.313. The van der Waals surface area contributed by atoms with Crippen LogP contribution in [0.25, 0.3) is 0 Å². The Morgan fingerprint density at radius 3 is 2.26 bits per heavy atom. The first-order valence-electron chi connectivity index (χ1n) is 17.3. The molecule has 0 aliphatic carbocycles. The van der Waals surface area contributed by atoms with Crippen LogP contribution in [0.3, 0.4) is 0 Å². The third-order valence-corrected chi connectivity index (χ3v) is 10.1. The minimum absolute atomic E-state index is 0.0176. The largest absolute Gasteiger partial charge is 0.445 e. The lowest BCUT2D eigenvalue weighted by Gasteiger charge is -2.44. The van der Waals surface area contributed by atoms with Gasteiger partial charge < -0.3 is 39.0 Å². The van der Waals surface area contributed by atoms with Crippen molar-refractivity contribution in [1.82, 2.24) is 10.2 Å². The smallest absolute Gasteiger partial charge is 0.408 e. The third kappa shape index (κ3) is 7.46. The number of nitrogens with zero attached hydrogens (tertiary/aromatic N) is 2. The summed E-state index contributed by atoms with van der Waals surface area (Å²) in [5, 5.41) is 12.1. The number of hydrogen-bond donors (Lipinski definition) is 2. The van der Waals surface area contributed by atoms with Crippen LogP contribution in [-0.4, -0.2) is 78.7 Å². The maximum Gasteiger partial charge on any atom is 0.408 e. The van der Waals surface area contributed by atoms with E-state index >= 15 is 0 Å². The number of hydrogen-bond acceptors (Lipinski definition) is 10. The van der Waals surface area contributed by atoms with E-state index in [1.165, 1.54) is 0 Å². The highest BCUT2D eigenvalue weighted by Crippen LogP contribution is 2.43. The predicted octanol–water partition coefficient (Wildman–Crippen LogP) is 4.37. The Hall–Kier alpha value is -4.17. The number of likely N-dealkylation sites (tertiary alicyclic amines) is 1. The average Bonchev–Trinajstić information content (AvgIpc) is 3.72. The van der Waals surface area contributed by atoms with E-state index in [0.717, 1.165) is 53.1 Å². The molecule has 4 aliphatic heterocycles. The summed E-state index contributed by atoms with van der Waals surface area (Å²) in [6.45, 7) is 5.80. The molecule has 4 fully saturated rings. The molecule has 0 bridgehead atoms. The van der Waals surface area contributed by atoms with E-state index in [0.29, 0.717) is 25.4 Å². The highest BCUT2D eigenvalue weighted by molar-refractivity contribution is 6.22. The number of rotatable bonds is 9. The fraction of sp³-hybridized carbons (Fsp3) is 0.447. The van der Waals surface area contributed by atoms with Gasteiger partial charge in [-0.05, 0) is 28.8 Å². The van der Waals surface area contributed by atoms with Gasteiger partial charge in [-0.3, -0.25) is 9.59 Å². The maximum absolute atomic E-state index is 13.3. The molecule has 4 aliphatic rings. The van der Waals surface area contributed by atoms with E-state index in [1.54, 1.807) is 24.3 Å². The van der Waals surface area contributed by atoms with E-state index in [9.17, 15) is 19.5 Å². The molecule has 0 radical (unpaired) electrons. The molecule has 7 rings (SSSR count). The van der Waals surface area contributed by atoms with Crippen molar-refractivity contribution in [3.8, 4) is 0 Å². The molecule has 3 aromatic carbocycles. The number of benzene rings is 3. The fourth-order valence-electron chi connectivity index (χ4n) is 7.15. The first-order valence-corrected chi connectivity index (χ1v) is 17.3. The fourth-order valence-corrected chi connectivity index (χ4v) is 7.15. The van der Waals surface area contributed by atoms with E-state index in [2.05, 4.69) is 17.1 Å².